The van der Waals surface area contributed by atoms with Crippen LogP contribution in [-0.4, -0.2) is 15.3 Å². The third-order valence-electron chi connectivity index (χ3n) is 3.36. The molecule has 0 radical (unpaired) electrons. The summed E-state index contributed by atoms with van der Waals surface area (Å²) < 4.78 is 0. The summed E-state index contributed by atoms with van der Waals surface area (Å²) in [6, 6.07) is 13.3. The molecule has 22 heavy (non-hydrogen) atoms. The summed E-state index contributed by atoms with van der Waals surface area (Å²) in [7, 11) is 0. The lowest BCUT2D eigenvalue weighted by atomic mass is 10.1. The van der Waals surface area contributed by atoms with E-state index in [0.717, 1.165) is 5.56 Å². The highest BCUT2D eigenvalue weighted by molar-refractivity contribution is 5.99. The lowest BCUT2D eigenvalue weighted by Gasteiger charge is -2.06. The van der Waals surface area contributed by atoms with Crippen molar-refractivity contribution < 1.29 is 15.3 Å². The summed E-state index contributed by atoms with van der Waals surface area (Å²) in [5, 5.41) is 38.9. The van der Waals surface area contributed by atoms with Gasteiger partial charge in [-0.05, 0) is 24.6 Å². The van der Waals surface area contributed by atoms with Gasteiger partial charge >= 0.3 is 0 Å². The van der Waals surface area contributed by atoms with Gasteiger partial charge in [-0.1, -0.05) is 30.3 Å². The van der Waals surface area contributed by atoms with Crippen LogP contribution in [0.5, 0.6) is 17.2 Å². The number of aromatic hydroxyl groups is 3. The average Bonchev–Trinajstić information content (AvgIpc) is 2.50. The number of fused-ring (bicyclic) bond motifs is 1. The Bertz CT molecular complexity index is 888. The number of phenols is 3. The van der Waals surface area contributed by atoms with Crippen LogP contribution in [0.1, 0.15) is 5.56 Å². The first-order chi connectivity index (χ1) is 10.6. The molecule has 0 aromatic heterocycles. The quantitative estimate of drug-likeness (QED) is 0.600. The topological polar surface area (TPSA) is 85.4 Å². The van der Waals surface area contributed by atoms with Crippen LogP contribution in [0.2, 0.25) is 0 Å². The summed E-state index contributed by atoms with van der Waals surface area (Å²) in [4.78, 5) is 0. The molecule has 3 aromatic rings. The van der Waals surface area contributed by atoms with Crippen LogP contribution in [0.25, 0.3) is 10.8 Å². The van der Waals surface area contributed by atoms with Gasteiger partial charge in [-0.25, -0.2) is 0 Å². The molecule has 0 atom stereocenters. The Morgan fingerprint density at radius 1 is 0.727 bits per heavy atom. The molecular formula is C17H14N2O3. The third kappa shape index (κ3) is 2.44. The molecule has 0 bridgehead atoms. The first kappa shape index (κ1) is 13.9. The van der Waals surface area contributed by atoms with Gasteiger partial charge in [0.1, 0.15) is 28.6 Å². The van der Waals surface area contributed by atoms with Crippen LogP contribution < -0.4 is 0 Å². The van der Waals surface area contributed by atoms with Crippen molar-refractivity contribution in [2.45, 2.75) is 6.92 Å². The zero-order valence-electron chi connectivity index (χ0n) is 11.9. The first-order valence-electron chi connectivity index (χ1n) is 6.71. The van der Waals surface area contributed by atoms with E-state index < -0.39 is 0 Å². The molecule has 0 spiro atoms. The molecule has 3 rings (SSSR count). The fourth-order valence-electron chi connectivity index (χ4n) is 2.25. The largest absolute Gasteiger partial charge is 0.507 e. The molecule has 3 N–H and O–H groups in total. The second-order valence-corrected chi connectivity index (χ2v) is 5.00. The molecular weight excluding hydrogens is 280 g/mol. The number of hydrogen-bond donors (Lipinski definition) is 3. The summed E-state index contributed by atoms with van der Waals surface area (Å²) in [6.07, 6.45) is 0. The highest BCUT2D eigenvalue weighted by Gasteiger charge is 2.11. The van der Waals surface area contributed by atoms with Gasteiger partial charge in [0.05, 0.1) is 0 Å². The van der Waals surface area contributed by atoms with E-state index in [2.05, 4.69) is 10.2 Å². The molecule has 0 saturated heterocycles. The molecule has 0 unspecified atom stereocenters. The molecule has 5 heteroatoms. The molecule has 0 heterocycles. The Morgan fingerprint density at radius 2 is 1.45 bits per heavy atom. The second-order valence-electron chi connectivity index (χ2n) is 5.00. The summed E-state index contributed by atoms with van der Waals surface area (Å²) >= 11 is 0. The minimum absolute atomic E-state index is 0.0110. The predicted molar refractivity (Wildman–Crippen MR) is 84.3 cm³/mol. The zero-order valence-corrected chi connectivity index (χ0v) is 11.9. The van der Waals surface area contributed by atoms with Crippen molar-refractivity contribution in [1.29, 1.82) is 0 Å². The van der Waals surface area contributed by atoms with Gasteiger partial charge in [0, 0.05) is 16.8 Å². The van der Waals surface area contributed by atoms with Crippen LogP contribution in [0.4, 0.5) is 11.4 Å². The van der Waals surface area contributed by atoms with E-state index in [1.54, 1.807) is 42.5 Å². The smallest absolute Gasteiger partial charge is 0.147 e. The van der Waals surface area contributed by atoms with Crippen molar-refractivity contribution in [3.63, 3.8) is 0 Å². The molecule has 5 nitrogen and oxygen atoms in total. The van der Waals surface area contributed by atoms with Crippen molar-refractivity contribution in [2.24, 2.45) is 10.2 Å². The molecule has 0 aliphatic rings. The lowest BCUT2D eigenvalue weighted by Crippen LogP contribution is -1.77. The number of hydrogen-bond acceptors (Lipinski definition) is 5. The Balaban J connectivity index is 2.15. The average molecular weight is 294 g/mol. The van der Waals surface area contributed by atoms with Crippen LogP contribution in [-0.2, 0) is 0 Å². The molecule has 0 aliphatic heterocycles. The minimum Gasteiger partial charge on any atom is -0.507 e. The Hall–Kier alpha value is -3.08. The van der Waals surface area contributed by atoms with Crippen molar-refractivity contribution >= 4 is 22.1 Å². The molecule has 0 aliphatic carbocycles. The first-order valence-corrected chi connectivity index (χ1v) is 6.71. The Morgan fingerprint density at radius 3 is 2.23 bits per heavy atom. The van der Waals surface area contributed by atoms with Gasteiger partial charge in [0.2, 0.25) is 0 Å². The standard InChI is InChI=1S/C17H14N2O3/c1-10-6-7-14(20)13(8-10)18-19-17-12-5-3-2-4-11(12)15(21)9-16(17)22/h2-9,20-22H,1H3. The predicted octanol–water partition coefficient (Wildman–Crippen LogP) is 4.68. The fourth-order valence-corrected chi connectivity index (χ4v) is 2.25. The number of nitrogens with zero attached hydrogens (tertiary/aromatic N) is 2. The van der Waals surface area contributed by atoms with E-state index in [0.29, 0.717) is 16.5 Å². The fraction of sp³-hybridized carbons (Fsp3) is 0.0588. The summed E-state index contributed by atoms with van der Waals surface area (Å²) in [5.74, 6) is -0.186. The number of benzene rings is 3. The maximum Gasteiger partial charge on any atom is 0.147 e. The molecule has 0 amide bonds. The minimum atomic E-state index is -0.174. The normalized spacial score (nSPS) is 11.3. The Kier molecular flexibility index (Phi) is 3.39. The van der Waals surface area contributed by atoms with Gasteiger partial charge in [-0.2, -0.15) is 0 Å². The highest BCUT2D eigenvalue weighted by atomic mass is 16.3. The Labute approximate surface area is 126 Å². The van der Waals surface area contributed by atoms with Gasteiger partial charge in [-0.15, -0.1) is 10.2 Å². The van der Waals surface area contributed by atoms with Gasteiger partial charge in [0.25, 0.3) is 0 Å². The highest BCUT2D eigenvalue weighted by Crippen LogP contribution is 2.41. The van der Waals surface area contributed by atoms with Crippen LogP contribution >= 0.6 is 0 Å². The zero-order chi connectivity index (χ0) is 15.7. The number of phenolic OH excluding ortho intramolecular Hbond substituents is 3. The maximum atomic E-state index is 10.0. The molecule has 110 valence electrons. The van der Waals surface area contributed by atoms with Crippen molar-refractivity contribution in [1.82, 2.24) is 0 Å². The monoisotopic (exact) mass is 294 g/mol. The van der Waals surface area contributed by atoms with Crippen molar-refractivity contribution in [2.75, 3.05) is 0 Å². The SMILES string of the molecule is Cc1ccc(O)c(N=Nc2c(O)cc(O)c3ccccc23)c1. The van der Waals surface area contributed by atoms with Gasteiger partial charge in [0.15, 0.2) is 0 Å². The van der Waals surface area contributed by atoms with E-state index >= 15 is 0 Å². The van der Waals surface area contributed by atoms with E-state index in [9.17, 15) is 15.3 Å². The molecule has 3 aromatic carbocycles. The maximum absolute atomic E-state index is 10.0. The second kappa shape index (κ2) is 5.37. The summed E-state index contributed by atoms with van der Waals surface area (Å²) in [5.41, 5.74) is 1.50. The van der Waals surface area contributed by atoms with Crippen molar-refractivity contribution in [3.8, 4) is 17.2 Å². The van der Waals surface area contributed by atoms with Gasteiger partial charge in [-0.3, -0.25) is 0 Å². The summed E-state index contributed by atoms with van der Waals surface area (Å²) in [6.45, 7) is 1.88. The van der Waals surface area contributed by atoms with Crippen LogP contribution in [0, 0.1) is 6.92 Å². The van der Waals surface area contributed by atoms with Crippen LogP contribution in [0.15, 0.2) is 58.8 Å². The van der Waals surface area contributed by atoms with E-state index in [4.69, 9.17) is 0 Å². The number of aryl methyl sites for hydroxylation is 1. The number of azo groups is 1. The number of rotatable bonds is 2. The molecule has 0 saturated carbocycles. The van der Waals surface area contributed by atoms with E-state index in [1.807, 2.05) is 6.92 Å². The van der Waals surface area contributed by atoms with Crippen molar-refractivity contribution in [3.05, 3.63) is 54.1 Å². The van der Waals surface area contributed by atoms with Crippen LogP contribution in [0.3, 0.4) is 0 Å². The van der Waals surface area contributed by atoms with E-state index in [-0.39, 0.29) is 22.9 Å². The van der Waals surface area contributed by atoms with Gasteiger partial charge < -0.3 is 15.3 Å². The lowest BCUT2D eigenvalue weighted by molar-refractivity contribution is 0.455. The third-order valence-corrected chi connectivity index (χ3v) is 3.36. The van der Waals surface area contributed by atoms with E-state index in [1.165, 1.54) is 6.07 Å². The molecule has 0 fully saturated rings.